The van der Waals surface area contributed by atoms with E-state index in [1.807, 2.05) is 0 Å². The average molecular weight is 304 g/mol. The van der Waals surface area contributed by atoms with Crippen molar-refractivity contribution in [1.29, 1.82) is 0 Å². The summed E-state index contributed by atoms with van der Waals surface area (Å²) in [7, 11) is 0. The molecule has 0 atom stereocenters. The zero-order chi connectivity index (χ0) is 12.8. The molecule has 0 saturated carbocycles. The summed E-state index contributed by atoms with van der Waals surface area (Å²) in [5.41, 5.74) is 0.266. The third-order valence-electron chi connectivity index (χ3n) is 1.88. The van der Waals surface area contributed by atoms with E-state index in [0.29, 0.717) is 0 Å². The Labute approximate surface area is 106 Å². The molecular weight excluding hydrogens is 293 g/mol. The third kappa shape index (κ3) is 4.14. The normalized spacial score (nSPS) is 9.82. The lowest BCUT2D eigenvalue weighted by Gasteiger charge is -2.05. The summed E-state index contributed by atoms with van der Waals surface area (Å²) in [4.78, 5) is 22.5. The summed E-state index contributed by atoms with van der Waals surface area (Å²) in [6.45, 7) is 1.73. The number of benzene rings is 1. The lowest BCUT2D eigenvalue weighted by molar-refractivity contribution is -0.141. The van der Waals surface area contributed by atoms with Gasteiger partial charge in [0.1, 0.15) is 12.4 Å². The van der Waals surface area contributed by atoms with Crippen LogP contribution in [0.3, 0.4) is 0 Å². The van der Waals surface area contributed by atoms with Gasteiger partial charge < -0.3 is 10.1 Å². The molecule has 0 saturated heterocycles. The standard InChI is InChI=1S/C11H11BrFNO3/c1-2-17-10(15)6-14-11(16)7-3-4-9(13)8(12)5-7/h3-5H,2,6H2,1H3,(H,14,16). The first-order chi connectivity index (χ1) is 8.04. The highest BCUT2D eigenvalue weighted by Gasteiger charge is 2.10. The second-order valence-electron chi connectivity index (χ2n) is 3.12. The Morgan fingerprint density at radius 2 is 2.18 bits per heavy atom. The number of nitrogens with one attached hydrogen (secondary N) is 1. The first kappa shape index (κ1) is 13.6. The largest absolute Gasteiger partial charge is 0.465 e. The van der Waals surface area contributed by atoms with Gasteiger partial charge in [0.05, 0.1) is 11.1 Å². The van der Waals surface area contributed by atoms with Crippen molar-refractivity contribution in [2.75, 3.05) is 13.2 Å². The van der Waals surface area contributed by atoms with Crippen molar-refractivity contribution in [2.45, 2.75) is 6.92 Å². The molecule has 0 aliphatic rings. The molecule has 1 N–H and O–H groups in total. The van der Waals surface area contributed by atoms with Crippen molar-refractivity contribution in [1.82, 2.24) is 5.32 Å². The van der Waals surface area contributed by atoms with Crippen LogP contribution in [0.15, 0.2) is 22.7 Å². The molecule has 0 aliphatic heterocycles. The second kappa shape index (κ2) is 6.34. The molecule has 0 unspecified atom stereocenters. The fourth-order valence-electron chi connectivity index (χ4n) is 1.10. The molecule has 92 valence electrons. The average Bonchev–Trinajstić information content (AvgIpc) is 2.30. The summed E-state index contributed by atoms with van der Waals surface area (Å²) in [5.74, 6) is -1.42. The third-order valence-corrected chi connectivity index (χ3v) is 2.49. The molecule has 0 heterocycles. The van der Waals surface area contributed by atoms with Crippen LogP contribution in [0.25, 0.3) is 0 Å². The van der Waals surface area contributed by atoms with Gasteiger partial charge in [-0.05, 0) is 41.1 Å². The molecule has 1 amide bonds. The Bertz CT molecular complexity index is 437. The van der Waals surface area contributed by atoms with Crippen LogP contribution >= 0.6 is 15.9 Å². The smallest absolute Gasteiger partial charge is 0.325 e. The lowest BCUT2D eigenvalue weighted by Crippen LogP contribution is -2.30. The zero-order valence-electron chi connectivity index (χ0n) is 9.13. The van der Waals surface area contributed by atoms with Crippen LogP contribution in [0, 0.1) is 5.82 Å². The molecule has 17 heavy (non-hydrogen) atoms. The Morgan fingerprint density at radius 1 is 1.47 bits per heavy atom. The highest BCUT2D eigenvalue weighted by Crippen LogP contribution is 2.16. The van der Waals surface area contributed by atoms with Gasteiger partial charge in [0.15, 0.2) is 0 Å². The number of carbonyl (C=O) groups excluding carboxylic acids is 2. The number of halogens is 2. The van der Waals surface area contributed by atoms with Gasteiger partial charge in [-0.3, -0.25) is 9.59 Å². The number of hydrogen-bond acceptors (Lipinski definition) is 3. The number of amides is 1. The molecular formula is C11H11BrFNO3. The van der Waals surface area contributed by atoms with Gasteiger partial charge in [0, 0.05) is 5.56 Å². The van der Waals surface area contributed by atoms with Crippen molar-refractivity contribution in [3.63, 3.8) is 0 Å². The van der Waals surface area contributed by atoms with Gasteiger partial charge in [-0.25, -0.2) is 4.39 Å². The Balaban J connectivity index is 2.58. The van der Waals surface area contributed by atoms with E-state index in [9.17, 15) is 14.0 Å². The van der Waals surface area contributed by atoms with Crippen molar-refractivity contribution in [3.8, 4) is 0 Å². The van der Waals surface area contributed by atoms with Crippen molar-refractivity contribution >= 4 is 27.8 Å². The quantitative estimate of drug-likeness (QED) is 0.864. The number of ether oxygens (including phenoxy) is 1. The van der Waals surface area contributed by atoms with Gasteiger partial charge in [0.2, 0.25) is 0 Å². The minimum absolute atomic E-state index is 0.196. The number of rotatable bonds is 4. The minimum atomic E-state index is -0.512. The number of esters is 1. The maximum absolute atomic E-state index is 12.9. The van der Waals surface area contributed by atoms with E-state index in [4.69, 9.17) is 0 Å². The van der Waals surface area contributed by atoms with Crippen LogP contribution < -0.4 is 5.32 Å². The molecule has 1 aromatic rings. The van der Waals surface area contributed by atoms with Crippen molar-refractivity contribution in [3.05, 3.63) is 34.1 Å². The maximum atomic E-state index is 12.9. The predicted octanol–water partition coefficient (Wildman–Crippen LogP) is 1.88. The van der Waals surface area contributed by atoms with Crippen LogP contribution in [0.1, 0.15) is 17.3 Å². The first-order valence-corrected chi connectivity index (χ1v) is 5.72. The number of carbonyl (C=O) groups is 2. The lowest BCUT2D eigenvalue weighted by atomic mass is 10.2. The summed E-state index contributed by atoms with van der Waals surface area (Å²) in [6, 6.07) is 3.85. The Kier molecular flexibility index (Phi) is 5.09. The SMILES string of the molecule is CCOC(=O)CNC(=O)c1ccc(F)c(Br)c1. The maximum Gasteiger partial charge on any atom is 0.325 e. The molecule has 4 nitrogen and oxygen atoms in total. The highest BCUT2D eigenvalue weighted by atomic mass is 79.9. The van der Waals surface area contributed by atoms with Gasteiger partial charge in [-0.15, -0.1) is 0 Å². The highest BCUT2D eigenvalue weighted by molar-refractivity contribution is 9.10. The van der Waals surface area contributed by atoms with Crippen LogP contribution in [-0.2, 0) is 9.53 Å². The Hall–Kier alpha value is -1.43. The van der Waals surface area contributed by atoms with Crippen LogP contribution in [0.5, 0.6) is 0 Å². The van der Waals surface area contributed by atoms with Crippen molar-refractivity contribution < 1.29 is 18.7 Å². The summed E-state index contributed by atoms with van der Waals surface area (Å²) in [6.07, 6.45) is 0. The molecule has 0 aromatic heterocycles. The molecule has 0 bridgehead atoms. The van der Waals surface area contributed by atoms with Crippen LogP contribution in [-0.4, -0.2) is 25.0 Å². The summed E-state index contributed by atoms with van der Waals surface area (Å²) < 4.78 is 17.8. The molecule has 0 spiro atoms. The van der Waals surface area contributed by atoms with E-state index in [0.717, 1.165) is 0 Å². The van der Waals surface area contributed by atoms with E-state index in [1.54, 1.807) is 6.92 Å². The zero-order valence-corrected chi connectivity index (χ0v) is 10.7. The summed E-state index contributed by atoms with van der Waals surface area (Å²) >= 11 is 2.97. The fraction of sp³-hybridized carbons (Fsp3) is 0.273. The van der Waals surface area contributed by atoms with Gasteiger partial charge in [0.25, 0.3) is 5.91 Å². The summed E-state index contributed by atoms with van der Waals surface area (Å²) in [5, 5.41) is 2.37. The molecule has 0 aliphatic carbocycles. The Morgan fingerprint density at radius 3 is 2.76 bits per heavy atom. The van der Waals surface area contributed by atoms with Gasteiger partial charge in [-0.2, -0.15) is 0 Å². The van der Waals surface area contributed by atoms with E-state index in [1.165, 1.54) is 18.2 Å². The van der Waals surface area contributed by atoms with E-state index < -0.39 is 17.7 Å². The van der Waals surface area contributed by atoms with Gasteiger partial charge >= 0.3 is 5.97 Å². The molecule has 0 radical (unpaired) electrons. The fourth-order valence-corrected chi connectivity index (χ4v) is 1.48. The predicted molar refractivity (Wildman–Crippen MR) is 63.1 cm³/mol. The minimum Gasteiger partial charge on any atom is -0.465 e. The topological polar surface area (TPSA) is 55.4 Å². The molecule has 6 heteroatoms. The monoisotopic (exact) mass is 303 g/mol. The van der Waals surface area contributed by atoms with Gasteiger partial charge in [-0.1, -0.05) is 0 Å². The molecule has 1 aromatic carbocycles. The first-order valence-electron chi connectivity index (χ1n) is 4.93. The van der Waals surface area contributed by atoms with Crippen molar-refractivity contribution in [2.24, 2.45) is 0 Å². The van der Waals surface area contributed by atoms with Crippen LogP contribution in [0.2, 0.25) is 0 Å². The van der Waals surface area contributed by atoms with Crippen LogP contribution in [0.4, 0.5) is 4.39 Å². The molecule has 0 fully saturated rings. The van der Waals surface area contributed by atoms with E-state index in [-0.39, 0.29) is 23.2 Å². The second-order valence-corrected chi connectivity index (χ2v) is 3.97. The van der Waals surface area contributed by atoms with E-state index in [2.05, 4.69) is 26.0 Å². The molecule has 1 rings (SSSR count). The number of hydrogen-bond donors (Lipinski definition) is 1. The van der Waals surface area contributed by atoms with E-state index >= 15 is 0 Å².